The van der Waals surface area contributed by atoms with Crippen LogP contribution in [0.2, 0.25) is 0 Å². The SMILES string of the molecule is Cc1nc(-c2ccc(CCNC(=O)Cn3nnn(-c4cccs4)c3=O)cc2)cs1. The molecule has 0 radical (unpaired) electrons. The summed E-state index contributed by atoms with van der Waals surface area (Å²) < 4.78 is 2.24. The summed E-state index contributed by atoms with van der Waals surface area (Å²) in [5.74, 6) is -0.278. The summed E-state index contributed by atoms with van der Waals surface area (Å²) in [7, 11) is 0. The lowest BCUT2D eigenvalue weighted by atomic mass is 10.1. The molecule has 0 bridgehead atoms. The Bertz CT molecular complexity index is 1160. The van der Waals surface area contributed by atoms with Crippen molar-refractivity contribution in [2.24, 2.45) is 0 Å². The van der Waals surface area contributed by atoms with Crippen LogP contribution in [0, 0.1) is 6.92 Å². The number of amides is 1. The zero-order chi connectivity index (χ0) is 20.2. The Labute approximate surface area is 174 Å². The molecule has 0 spiro atoms. The largest absolute Gasteiger partial charge is 0.369 e. The molecule has 0 fully saturated rings. The molecule has 1 aromatic carbocycles. The first kappa shape index (κ1) is 19.2. The predicted molar refractivity (Wildman–Crippen MR) is 112 cm³/mol. The highest BCUT2D eigenvalue weighted by Crippen LogP contribution is 2.21. The monoisotopic (exact) mass is 426 g/mol. The summed E-state index contributed by atoms with van der Waals surface area (Å²) in [5.41, 5.74) is 2.74. The fraction of sp³-hybridized carbons (Fsp3) is 0.211. The van der Waals surface area contributed by atoms with Crippen LogP contribution < -0.4 is 11.0 Å². The van der Waals surface area contributed by atoms with E-state index >= 15 is 0 Å². The molecule has 10 heteroatoms. The number of hydrogen-bond donors (Lipinski definition) is 1. The van der Waals surface area contributed by atoms with Crippen LogP contribution in [0.4, 0.5) is 0 Å². The van der Waals surface area contributed by atoms with E-state index in [1.165, 1.54) is 16.0 Å². The lowest BCUT2D eigenvalue weighted by Gasteiger charge is -2.05. The van der Waals surface area contributed by atoms with Gasteiger partial charge in [0.15, 0.2) is 0 Å². The highest BCUT2D eigenvalue weighted by molar-refractivity contribution is 7.12. The molecular formula is C19H18N6O2S2. The Morgan fingerprint density at radius 2 is 1.97 bits per heavy atom. The van der Waals surface area contributed by atoms with E-state index in [-0.39, 0.29) is 12.5 Å². The molecule has 4 aromatic rings. The Morgan fingerprint density at radius 3 is 2.66 bits per heavy atom. The molecule has 1 N–H and O–H groups in total. The van der Waals surface area contributed by atoms with Gasteiger partial charge >= 0.3 is 5.69 Å². The average molecular weight is 427 g/mol. The van der Waals surface area contributed by atoms with Crippen molar-refractivity contribution in [3.05, 3.63) is 68.2 Å². The number of aromatic nitrogens is 5. The van der Waals surface area contributed by atoms with Gasteiger partial charge in [0, 0.05) is 17.5 Å². The molecule has 0 aliphatic carbocycles. The molecule has 0 saturated heterocycles. The standard InChI is InChI=1S/C19H18N6O2S2/c1-13-21-16(12-29-13)15-6-4-14(5-7-15)8-9-20-17(26)11-24-19(27)25(23-22-24)18-3-2-10-28-18/h2-7,10,12H,8-9,11H2,1H3,(H,20,26). The van der Waals surface area contributed by atoms with E-state index in [9.17, 15) is 9.59 Å². The molecule has 1 amide bonds. The molecule has 29 heavy (non-hydrogen) atoms. The molecule has 8 nitrogen and oxygen atoms in total. The third kappa shape index (κ3) is 4.49. The topological polar surface area (TPSA) is 94.7 Å². The fourth-order valence-electron chi connectivity index (χ4n) is 2.78. The van der Waals surface area contributed by atoms with Crippen molar-refractivity contribution in [2.75, 3.05) is 6.54 Å². The van der Waals surface area contributed by atoms with E-state index in [0.717, 1.165) is 26.5 Å². The van der Waals surface area contributed by atoms with Crippen LogP contribution in [0.3, 0.4) is 0 Å². The number of tetrazole rings is 1. The van der Waals surface area contributed by atoms with Gasteiger partial charge in [0.1, 0.15) is 11.5 Å². The summed E-state index contributed by atoms with van der Waals surface area (Å²) in [6.45, 7) is 2.30. The number of hydrogen-bond acceptors (Lipinski definition) is 7. The summed E-state index contributed by atoms with van der Waals surface area (Å²) in [6.07, 6.45) is 0.693. The minimum absolute atomic E-state index is 0.160. The lowest BCUT2D eigenvalue weighted by molar-refractivity contribution is -0.121. The Morgan fingerprint density at radius 1 is 1.14 bits per heavy atom. The van der Waals surface area contributed by atoms with Crippen LogP contribution in [0.5, 0.6) is 0 Å². The van der Waals surface area contributed by atoms with E-state index in [0.29, 0.717) is 18.0 Å². The van der Waals surface area contributed by atoms with E-state index in [1.807, 2.05) is 48.0 Å². The van der Waals surface area contributed by atoms with E-state index < -0.39 is 5.69 Å². The van der Waals surface area contributed by atoms with Crippen LogP contribution in [-0.4, -0.2) is 37.2 Å². The van der Waals surface area contributed by atoms with Gasteiger partial charge in [-0.05, 0) is 46.8 Å². The average Bonchev–Trinajstić information content (AvgIpc) is 3.45. The quantitative estimate of drug-likeness (QED) is 0.489. The van der Waals surface area contributed by atoms with Gasteiger partial charge < -0.3 is 5.32 Å². The first-order valence-electron chi connectivity index (χ1n) is 8.95. The number of rotatable bonds is 7. The van der Waals surface area contributed by atoms with E-state index in [4.69, 9.17) is 0 Å². The fourth-order valence-corrected chi connectivity index (χ4v) is 4.07. The molecule has 3 heterocycles. The normalized spacial score (nSPS) is 10.9. The zero-order valence-corrected chi connectivity index (χ0v) is 17.2. The maximum absolute atomic E-state index is 12.3. The van der Waals surface area contributed by atoms with Gasteiger partial charge in [-0.15, -0.1) is 22.7 Å². The second-order valence-electron chi connectivity index (χ2n) is 6.33. The minimum Gasteiger partial charge on any atom is -0.354 e. The van der Waals surface area contributed by atoms with Gasteiger partial charge in [-0.1, -0.05) is 24.3 Å². The molecule has 4 rings (SSSR count). The first-order valence-corrected chi connectivity index (χ1v) is 10.7. The van der Waals surface area contributed by atoms with E-state index in [2.05, 4.69) is 20.7 Å². The van der Waals surface area contributed by atoms with Gasteiger partial charge in [0.25, 0.3) is 0 Å². The maximum atomic E-state index is 12.3. The zero-order valence-electron chi connectivity index (χ0n) is 15.6. The van der Waals surface area contributed by atoms with Crippen molar-refractivity contribution in [3.63, 3.8) is 0 Å². The molecule has 148 valence electrons. The van der Waals surface area contributed by atoms with Gasteiger partial charge in [0.05, 0.1) is 10.7 Å². The predicted octanol–water partition coefficient (Wildman–Crippen LogP) is 2.28. The van der Waals surface area contributed by atoms with Crippen LogP contribution in [-0.2, 0) is 17.8 Å². The molecule has 0 atom stereocenters. The number of benzene rings is 1. The van der Waals surface area contributed by atoms with Crippen molar-refractivity contribution in [1.29, 1.82) is 0 Å². The van der Waals surface area contributed by atoms with Gasteiger partial charge in [-0.25, -0.2) is 9.78 Å². The molecule has 0 unspecified atom stereocenters. The Kier molecular flexibility index (Phi) is 5.63. The maximum Gasteiger partial charge on any atom is 0.369 e. The second-order valence-corrected chi connectivity index (χ2v) is 8.32. The van der Waals surface area contributed by atoms with Crippen LogP contribution in [0.1, 0.15) is 10.6 Å². The summed E-state index contributed by atoms with van der Waals surface area (Å²) in [6, 6.07) is 11.7. The molecule has 0 saturated carbocycles. The van der Waals surface area contributed by atoms with Crippen LogP contribution in [0.15, 0.2) is 52.0 Å². The van der Waals surface area contributed by atoms with Gasteiger partial charge in [0.2, 0.25) is 5.91 Å². The minimum atomic E-state index is -0.435. The summed E-state index contributed by atoms with van der Waals surface area (Å²) >= 11 is 3.01. The number of nitrogens with one attached hydrogen (secondary N) is 1. The van der Waals surface area contributed by atoms with Crippen molar-refractivity contribution < 1.29 is 4.79 Å². The highest BCUT2D eigenvalue weighted by Gasteiger charge is 2.12. The number of thiophene rings is 1. The Hall–Kier alpha value is -3.11. The van der Waals surface area contributed by atoms with Crippen molar-refractivity contribution in [3.8, 4) is 16.3 Å². The van der Waals surface area contributed by atoms with Crippen molar-refractivity contribution >= 4 is 28.6 Å². The van der Waals surface area contributed by atoms with Crippen LogP contribution in [0.25, 0.3) is 16.3 Å². The molecule has 0 aliphatic heterocycles. The molecular weight excluding hydrogens is 408 g/mol. The third-order valence-corrected chi connectivity index (χ3v) is 5.87. The van der Waals surface area contributed by atoms with Crippen LogP contribution >= 0.6 is 22.7 Å². The smallest absolute Gasteiger partial charge is 0.354 e. The number of nitrogens with zero attached hydrogens (tertiary/aromatic N) is 5. The second kappa shape index (κ2) is 8.50. The first-order chi connectivity index (χ1) is 14.1. The molecule has 0 aliphatic rings. The lowest BCUT2D eigenvalue weighted by Crippen LogP contribution is -2.34. The summed E-state index contributed by atoms with van der Waals surface area (Å²) in [4.78, 5) is 28.9. The number of carbonyl (C=O) groups is 1. The highest BCUT2D eigenvalue weighted by atomic mass is 32.1. The van der Waals surface area contributed by atoms with E-state index in [1.54, 1.807) is 17.4 Å². The van der Waals surface area contributed by atoms with Gasteiger partial charge in [-0.3, -0.25) is 4.79 Å². The Balaban J connectivity index is 1.29. The third-order valence-electron chi connectivity index (χ3n) is 4.25. The number of carbonyl (C=O) groups excluding carboxylic acids is 1. The number of thiazole rings is 1. The molecule has 3 aromatic heterocycles. The number of aryl methyl sites for hydroxylation is 1. The van der Waals surface area contributed by atoms with Crippen molar-refractivity contribution in [2.45, 2.75) is 19.9 Å². The van der Waals surface area contributed by atoms with Gasteiger partial charge in [-0.2, -0.15) is 9.36 Å². The summed E-state index contributed by atoms with van der Waals surface area (Å²) in [5, 5.41) is 16.0. The van der Waals surface area contributed by atoms with Crippen molar-refractivity contribution in [1.82, 2.24) is 30.1 Å².